The zero-order valence-electron chi connectivity index (χ0n) is 10.6. The molecule has 0 unspecified atom stereocenters. The molecular formula is C13H12ClFN2O2S. The minimum absolute atomic E-state index is 0.0817. The third kappa shape index (κ3) is 3.91. The highest BCUT2D eigenvalue weighted by Crippen LogP contribution is 2.22. The molecule has 0 saturated heterocycles. The molecule has 0 aliphatic heterocycles. The summed E-state index contributed by atoms with van der Waals surface area (Å²) in [5, 5.41) is 0.0817. The van der Waals surface area contributed by atoms with Gasteiger partial charge in [0.05, 0.1) is 11.4 Å². The van der Waals surface area contributed by atoms with Crippen molar-refractivity contribution in [2.45, 2.75) is 12.7 Å². The molecule has 4 nitrogen and oxygen atoms in total. The van der Waals surface area contributed by atoms with Crippen molar-refractivity contribution < 1.29 is 12.8 Å². The Balaban J connectivity index is 2.19. The molecule has 2 aromatic rings. The number of halogens is 2. The normalized spacial score (nSPS) is 11.3. The van der Waals surface area contributed by atoms with E-state index >= 15 is 0 Å². The number of pyridine rings is 1. The zero-order valence-corrected chi connectivity index (χ0v) is 12.2. The van der Waals surface area contributed by atoms with Gasteiger partial charge in [0.2, 0.25) is 10.0 Å². The Bertz CT molecular complexity index is 718. The molecule has 0 bridgehead atoms. The van der Waals surface area contributed by atoms with Crippen LogP contribution in [0.5, 0.6) is 0 Å². The third-order valence-electron chi connectivity index (χ3n) is 2.51. The molecule has 0 aliphatic carbocycles. The average molecular weight is 315 g/mol. The number of nitrogens with zero attached hydrogens (tertiary/aromatic N) is 1. The van der Waals surface area contributed by atoms with Gasteiger partial charge in [0.25, 0.3) is 0 Å². The minimum Gasteiger partial charge on any atom is -0.280 e. The molecule has 7 heteroatoms. The third-order valence-corrected chi connectivity index (χ3v) is 4.06. The van der Waals surface area contributed by atoms with E-state index in [9.17, 15) is 12.8 Å². The lowest BCUT2D eigenvalue weighted by Gasteiger charge is -2.09. The Kier molecular flexibility index (Phi) is 4.25. The molecule has 0 spiro atoms. The number of aryl methyl sites for hydroxylation is 1. The van der Waals surface area contributed by atoms with Crippen LogP contribution in [0, 0.1) is 12.7 Å². The summed E-state index contributed by atoms with van der Waals surface area (Å²) in [7, 11) is -3.64. The second-order valence-electron chi connectivity index (χ2n) is 4.34. The number of aromatic nitrogens is 1. The molecule has 0 atom stereocenters. The first kappa shape index (κ1) is 14.7. The molecule has 1 aromatic carbocycles. The van der Waals surface area contributed by atoms with Crippen LogP contribution in [0.4, 0.5) is 10.1 Å². The number of sulfonamides is 1. The van der Waals surface area contributed by atoms with Gasteiger partial charge in [-0.15, -0.1) is 0 Å². The van der Waals surface area contributed by atoms with E-state index in [0.717, 1.165) is 5.56 Å². The average Bonchev–Trinajstić information content (AvgIpc) is 2.36. The van der Waals surface area contributed by atoms with Gasteiger partial charge in [0.15, 0.2) is 5.15 Å². The number of hydrogen-bond donors (Lipinski definition) is 1. The lowest BCUT2D eigenvalue weighted by atomic mass is 10.2. The number of nitrogens with one attached hydrogen (secondary N) is 1. The van der Waals surface area contributed by atoms with Crippen molar-refractivity contribution in [1.82, 2.24) is 4.98 Å². The second kappa shape index (κ2) is 5.76. The van der Waals surface area contributed by atoms with Gasteiger partial charge in [0.1, 0.15) is 5.82 Å². The molecule has 20 heavy (non-hydrogen) atoms. The first-order valence-electron chi connectivity index (χ1n) is 5.73. The maximum absolute atomic E-state index is 12.8. The van der Waals surface area contributed by atoms with Gasteiger partial charge in [-0.1, -0.05) is 23.7 Å². The van der Waals surface area contributed by atoms with Crippen molar-refractivity contribution in [3.63, 3.8) is 0 Å². The van der Waals surface area contributed by atoms with Crippen LogP contribution in [0.3, 0.4) is 0 Å². The van der Waals surface area contributed by atoms with E-state index in [0.29, 0.717) is 5.56 Å². The van der Waals surface area contributed by atoms with Gasteiger partial charge in [-0.25, -0.2) is 17.8 Å². The first-order valence-corrected chi connectivity index (χ1v) is 7.76. The molecular weight excluding hydrogens is 303 g/mol. The Hall–Kier alpha value is -1.66. The van der Waals surface area contributed by atoms with E-state index in [2.05, 4.69) is 9.71 Å². The highest BCUT2D eigenvalue weighted by atomic mass is 35.5. The van der Waals surface area contributed by atoms with E-state index < -0.39 is 15.8 Å². The highest BCUT2D eigenvalue weighted by molar-refractivity contribution is 7.91. The van der Waals surface area contributed by atoms with Crippen molar-refractivity contribution in [1.29, 1.82) is 0 Å². The van der Waals surface area contributed by atoms with E-state index in [1.54, 1.807) is 19.2 Å². The predicted molar refractivity (Wildman–Crippen MR) is 76.6 cm³/mol. The van der Waals surface area contributed by atoms with Crippen LogP contribution in [-0.4, -0.2) is 13.4 Å². The number of rotatable bonds is 4. The monoisotopic (exact) mass is 314 g/mol. The fourth-order valence-corrected chi connectivity index (χ4v) is 3.03. The molecule has 2 rings (SSSR count). The quantitative estimate of drug-likeness (QED) is 0.882. The molecule has 0 aliphatic rings. The van der Waals surface area contributed by atoms with Crippen LogP contribution < -0.4 is 4.72 Å². The van der Waals surface area contributed by atoms with E-state index in [-0.39, 0.29) is 16.6 Å². The molecule has 0 radical (unpaired) electrons. The summed E-state index contributed by atoms with van der Waals surface area (Å²) in [5.74, 6) is -0.678. The summed E-state index contributed by atoms with van der Waals surface area (Å²) in [5.41, 5.74) is 1.50. The fourth-order valence-electron chi connectivity index (χ4n) is 1.63. The van der Waals surface area contributed by atoms with Gasteiger partial charge >= 0.3 is 0 Å². The minimum atomic E-state index is -3.64. The van der Waals surface area contributed by atoms with Crippen LogP contribution in [0.15, 0.2) is 36.5 Å². The number of benzene rings is 1. The van der Waals surface area contributed by atoms with Crippen LogP contribution in [0.2, 0.25) is 5.15 Å². The Labute approximate surface area is 121 Å². The number of anilines is 1. The standard InChI is InChI=1S/C13H12ClFN2O2S/c1-9-6-12(13(14)16-7-9)17-20(18,19)8-10-2-4-11(15)5-3-10/h2-7,17H,8H2,1H3. The van der Waals surface area contributed by atoms with Crippen LogP contribution in [0.1, 0.15) is 11.1 Å². The lowest BCUT2D eigenvalue weighted by Crippen LogP contribution is -2.15. The maximum Gasteiger partial charge on any atom is 0.237 e. The summed E-state index contributed by atoms with van der Waals surface area (Å²) >= 11 is 5.84. The molecule has 1 heterocycles. The van der Waals surface area contributed by atoms with E-state index in [1.807, 2.05) is 0 Å². The van der Waals surface area contributed by atoms with Gasteiger partial charge in [0, 0.05) is 6.20 Å². The molecule has 1 aromatic heterocycles. The SMILES string of the molecule is Cc1cnc(Cl)c(NS(=O)(=O)Cc2ccc(F)cc2)c1. The molecule has 106 valence electrons. The topological polar surface area (TPSA) is 59.1 Å². The zero-order chi connectivity index (χ0) is 14.8. The van der Waals surface area contributed by atoms with Crippen molar-refractivity contribution in [3.8, 4) is 0 Å². The van der Waals surface area contributed by atoms with Crippen molar-refractivity contribution >= 4 is 27.3 Å². The smallest absolute Gasteiger partial charge is 0.237 e. The highest BCUT2D eigenvalue weighted by Gasteiger charge is 2.14. The van der Waals surface area contributed by atoms with Gasteiger partial charge in [-0.05, 0) is 36.2 Å². The lowest BCUT2D eigenvalue weighted by molar-refractivity contribution is 0.600. The maximum atomic E-state index is 12.8. The van der Waals surface area contributed by atoms with Gasteiger partial charge in [-0.3, -0.25) is 4.72 Å². The van der Waals surface area contributed by atoms with Gasteiger partial charge < -0.3 is 0 Å². The second-order valence-corrected chi connectivity index (χ2v) is 6.42. The van der Waals surface area contributed by atoms with Crippen molar-refractivity contribution in [2.24, 2.45) is 0 Å². The molecule has 1 N–H and O–H groups in total. The van der Waals surface area contributed by atoms with E-state index in [1.165, 1.54) is 24.3 Å². The Morgan fingerprint density at radius 2 is 1.95 bits per heavy atom. The summed E-state index contributed by atoms with van der Waals surface area (Å²) in [4.78, 5) is 3.87. The van der Waals surface area contributed by atoms with Crippen LogP contribution in [-0.2, 0) is 15.8 Å². The Morgan fingerprint density at radius 3 is 2.60 bits per heavy atom. The predicted octanol–water partition coefficient (Wildman–Crippen LogP) is 3.12. The summed E-state index contributed by atoms with van der Waals surface area (Å²) in [6.45, 7) is 1.78. The van der Waals surface area contributed by atoms with Crippen LogP contribution >= 0.6 is 11.6 Å². The summed E-state index contributed by atoms with van der Waals surface area (Å²) < 4.78 is 39.2. The first-order chi connectivity index (χ1) is 9.35. The molecule has 0 amide bonds. The molecule has 0 fully saturated rings. The van der Waals surface area contributed by atoms with E-state index in [4.69, 9.17) is 11.6 Å². The van der Waals surface area contributed by atoms with Gasteiger partial charge in [-0.2, -0.15) is 0 Å². The van der Waals surface area contributed by atoms with Crippen LogP contribution in [0.25, 0.3) is 0 Å². The Morgan fingerprint density at radius 1 is 1.30 bits per heavy atom. The van der Waals surface area contributed by atoms with Crippen molar-refractivity contribution in [3.05, 3.63) is 58.6 Å². The summed E-state index contributed by atoms with van der Waals surface area (Å²) in [6.07, 6.45) is 1.54. The fraction of sp³-hybridized carbons (Fsp3) is 0.154. The molecule has 0 saturated carbocycles. The number of hydrogen-bond acceptors (Lipinski definition) is 3. The summed E-state index contributed by atoms with van der Waals surface area (Å²) in [6, 6.07) is 6.87. The van der Waals surface area contributed by atoms with Crippen molar-refractivity contribution in [2.75, 3.05) is 4.72 Å². The largest absolute Gasteiger partial charge is 0.280 e.